The van der Waals surface area contributed by atoms with Crippen LogP contribution in [0.4, 0.5) is 5.13 Å². The zero-order valence-corrected chi connectivity index (χ0v) is 12.8. The molecule has 4 nitrogen and oxygen atoms in total. The average molecular weight is 281 g/mol. The quantitative estimate of drug-likeness (QED) is 0.868. The van der Waals surface area contributed by atoms with Crippen molar-refractivity contribution in [3.8, 4) is 0 Å². The Morgan fingerprint density at radius 2 is 2.05 bits per heavy atom. The zero-order valence-electron chi connectivity index (χ0n) is 12.0. The van der Waals surface area contributed by atoms with Gasteiger partial charge in [-0.2, -0.15) is 0 Å². The van der Waals surface area contributed by atoms with Crippen molar-refractivity contribution >= 4 is 16.5 Å². The van der Waals surface area contributed by atoms with Crippen molar-refractivity contribution < 1.29 is 4.74 Å². The molecular weight excluding hydrogens is 258 g/mol. The van der Waals surface area contributed by atoms with Gasteiger partial charge in [0.05, 0.1) is 6.10 Å². The Morgan fingerprint density at radius 1 is 1.32 bits per heavy atom. The van der Waals surface area contributed by atoms with Crippen LogP contribution >= 0.6 is 11.3 Å². The van der Waals surface area contributed by atoms with E-state index >= 15 is 0 Å². The summed E-state index contributed by atoms with van der Waals surface area (Å²) < 4.78 is 5.63. The molecule has 2 aliphatic rings. The molecule has 0 saturated heterocycles. The highest BCUT2D eigenvalue weighted by molar-refractivity contribution is 7.15. The molecule has 106 valence electrons. The first-order valence-corrected chi connectivity index (χ1v) is 8.17. The van der Waals surface area contributed by atoms with Gasteiger partial charge >= 0.3 is 0 Å². The zero-order chi connectivity index (χ0) is 13.5. The van der Waals surface area contributed by atoms with E-state index in [9.17, 15) is 0 Å². The van der Waals surface area contributed by atoms with Crippen LogP contribution in [0.1, 0.15) is 56.9 Å². The Kier molecular flexibility index (Phi) is 3.52. The Bertz CT molecular complexity index is 440. The van der Waals surface area contributed by atoms with Crippen LogP contribution in [0.3, 0.4) is 0 Å². The summed E-state index contributed by atoms with van der Waals surface area (Å²) in [7, 11) is 1.83. The molecule has 0 spiro atoms. The average Bonchev–Trinajstić information content (AvgIpc) is 3.16. The maximum Gasteiger partial charge on any atom is 0.205 e. The molecule has 2 unspecified atom stereocenters. The van der Waals surface area contributed by atoms with Gasteiger partial charge in [0, 0.05) is 24.5 Å². The first kappa shape index (κ1) is 13.3. The van der Waals surface area contributed by atoms with Gasteiger partial charge in [-0.15, -0.1) is 10.2 Å². The molecule has 0 aromatic carbocycles. The second-order valence-corrected chi connectivity index (χ2v) is 6.83. The summed E-state index contributed by atoms with van der Waals surface area (Å²) in [6.45, 7) is 4.53. The lowest BCUT2D eigenvalue weighted by Gasteiger charge is -2.55. The van der Waals surface area contributed by atoms with Crippen LogP contribution in [0.25, 0.3) is 0 Å². The van der Waals surface area contributed by atoms with Gasteiger partial charge in [0.15, 0.2) is 0 Å². The van der Waals surface area contributed by atoms with E-state index in [0.29, 0.717) is 18.1 Å². The predicted molar refractivity (Wildman–Crippen MR) is 77.7 cm³/mol. The van der Waals surface area contributed by atoms with Crippen LogP contribution < -0.4 is 5.32 Å². The molecule has 0 radical (unpaired) electrons. The smallest absolute Gasteiger partial charge is 0.205 e. The van der Waals surface area contributed by atoms with Gasteiger partial charge < -0.3 is 10.1 Å². The first-order chi connectivity index (χ1) is 9.23. The monoisotopic (exact) mass is 281 g/mol. The lowest BCUT2D eigenvalue weighted by Crippen LogP contribution is -2.60. The van der Waals surface area contributed by atoms with Crippen LogP contribution in [-0.4, -0.2) is 29.5 Å². The summed E-state index contributed by atoms with van der Waals surface area (Å²) in [5.41, 5.74) is 0.264. The maximum atomic E-state index is 5.63. The van der Waals surface area contributed by atoms with Crippen molar-refractivity contribution in [3.63, 3.8) is 0 Å². The second-order valence-electron chi connectivity index (χ2n) is 5.82. The first-order valence-electron chi connectivity index (χ1n) is 7.36. The number of nitrogens with zero attached hydrogens (tertiary/aromatic N) is 2. The normalized spacial score (nSPS) is 29.0. The maximum absolute atomic E-state index is 5.63. The molecular formula is C14H23N3OS. The Balaban J connectivity index is 1.68. The number of ether oxygens (including phenoxy) is 1. The molecule has 2 fully saturated rings. The third-order valence-electron chi connectivity index (χ3n) is 5.05. The van der Waals surface area contributed by atoms with E-state index < -0.39 is 0 Å². The Labute approximate surface area is 119 Å². The van der Waals surface area contributed by atoms with Crippen LogP contribution in [0.2, 0.25) is 0 Å². The third kappa shape index (κ3) is 2.17. The van der Waals surface area contributed by atoms with Gasteiger partial charge in [0.1, 0.15) is 5.01 Å². The molecule has 5 heteroatoms. The van der Waals surface area contributed by atoms with E-state index in [1.807, 2.05) is 7.11 Å². The highest BCUT2D eigenvalue weighted by Crippen LogP contribution is 2.50. The van der Waals surface area contributed by atoms with Crippen molar-refractivity contribution in [2.45, 2.75) is 64.0 Å². The molecule has 0 bridgehead atoms. The van der Waals surface area contributed by atoms with Gasteiger partial charge in [-0.3, -0.25) is 0 Å². The molecule has 0 aliphatic heterocycles. The SMILES string of the molecule is CCC1(CC)C(Nc2nnc(C3CC3)s2)CC1OC. The molecule has 2 saturated carbocycles. The summed E-state index contributed by atoms with van der Waals surface area (Å²) in [4.78, 5) is 0. The second kappa shape index (κ2) is 5.02. The fourth-order valence-corrected chi connectivity index (χ4v) is 4.38. The van der Waals surface area contributed by atoms with Crippen molar-refractivity contribution in [3.05, 3.63) is 5.01 Å². The van der Waals surface area contributed by atoms with Crippen LogP contribution in [0, 0.1) is 5.41 Å². The predicted octanol–water partition coefficient (Wildman–Crippen LogP) is 3.42. The Hall–Kier alpha value is -0.680. The van der Waals surface area contributed by atoms with E-state index in [4.69, 9.17) is 4.74 Å². The molecule has 0 amide bonds. The van der Waals surface area contributed by atoms with E-state index in [-0.39, 0.29) is 5.41 Å². The molecule has 1 aromatic rings. The van der Waals surface area contributed by atoms with Crippen LogP contribution in [0.5, 0.6) is 0 Å². The number of hydrogen-bond acceptors (Lipinski definition) is 5. The molecule has 2 aliphatic carbocycles. The summed E-state index contributed by atoms with van der Waals surface area (Å²) in [5, 5.41) is 14.4. The summed E-state index contributed by atoms with van der Waals surface area (Å²) in [5.74, 6) is 0.697. The van der Waals surface area contributed by atoms with E-state index in [0.717, 1.165) is 24.4 Å². The molecule has 3 rings (SSSR count). The van der Waals surface area contributed by atoms with E-state index in [1.54, 1.807) is 11.3 Å². The highest BCUT2D eigenvalue weighted by atomic mass is 32.1. The van der Waals surface area contributed by atoms with E-state index in [2.05, 4.69) is 29.4 Å². The number of methoxy groups -OCH3 is 1. The van der Waals surface area contributed by atoms with Gasteiger partial charge in [0.2, 0.25) is 5.13 Å². The van der Waals surface area contributed by atoms with Crippen LogP contribution in [0.15, 0.2) is 0 Å². The standard InChI is InChI=1S/C14H23N3OS/c1-4-14(5-2)10(8-11(14)18-3)15-13-17-16-12(19-13)9-6-7-9/h9-11H,4-8H2,1-3H3,(H,15,17). The largest absolute Gasteiger partial charge is 0.381 e. The van der Waals surface area contributed by atoms with Crippen molar-refractivity contribution in [2.75, 3.05) is 12.4 Å². The lowest BCUT2D eigenvalue weighted by molar-refractivity contribution is -0.106. The minimum Gasteiger partial charge on any atom is -0.381 e. The number of hydrogen-bond donors (Lipinski definition) is 1. The van der Waals surface area contributed by atoms with Gasteiger partial charge in [-0.05, 0) is 32.1 Å². The Morgan fingerprint density at radius 3 is 2.63 bits per heavy atom. The van der Waals surface area contributed by atoms with Crippen molar-refractivity contribution in [2.24, 2.45) is 5.41 Å². The number of nitrogens with one attached hydrogen (secondary N) is 1. The molecule has 1 N–H and O–H groups in total. The summed E-state index contributed by atoms with van der Waals surface area (Å²) in [6, 6.07) is 0.479. The lowest BCUT2D eigenvalue weighted by atomic mass is 9.59. The minimum absolute atomic E-state index is 0.264. The fraction of sp³-hybridized carbons (Fsp3) is 0.857. The van der Waals surface area contributed by atoms with Gasteiger partial charge in [-0.1, -0.05) is 25.2 Å². The molecule has 2 atom stereocenters. The fourth-order valence-electron chi connectivity index (χ4n) is 3.42. The van der Waals surface area contributed by atoms with Crippen molar-refractivity contribution in [1.29, 1.82) is 0 Å². The molecule has 1 aromatic heterocycles. The summed E-state index contributed by atoms with van der Waals surface area (Å²) in [6.07, 6.45) is 6.34. The van der Waals surface area contributed by atoms with Gasteiger partial charge in [-0.25, -0.2) is 0 Å². The van der Waals surface area contributed by atoms with Crippen molar-refractivity contribution in [1.82, 2.24) is 10.2 Å². The van der Waals surface area contributed by atoms with E-state index in [1.165, 1.54) is 17.8 Å². The van der Waals surface area contributed by atoms with Crippen LogP contribution in [-0.2, 0) is 4.74 Å². The minimum atomic E-state index is 0.264. The molecule has 19 heavy (non-hydrogen) atoms. The molecule has 1 heterocycles. The number of aromatic nitrogens is 2. The third-order valence-corrected chi connectivity index (χ3v) is 6.07. The number of anilines is 1. The highest BCUT2D eigenvalue weighted by Gasteiger charge is 2.53. The summed E-state index contributed by atoms with van der Waals surface area (Å²) >= 11 is 1.74. The van der Waals surface area contributed by atoms with Gasteiger partial charge in [0.25, 0.3) is 0 Å². The number of rotatable bonds is 6. The topological polar surface area (TPSA) is 47.0 Å².